The number of nitrogens with zero attached hydrogens (tertiary/aromatic N) is 2. The normalized spacial score (nSPS) is 19.9. The van der Waals surface area contributed by atoms with Gasteiger partial charge in [-0.15, -0.1) is 0 Å². The Morgan fingerprint density at radius 3 is 2.95 bits per heavy atom. The van der Waals surface area contributed by atoms with E-state index in [1.54, 1.807) is 6.92 Å². The molecule has 2 rings (SSSR count). The van der Waals surface area contributed by atoms with Crippen LogP contribution >= 0.6 is 11.8 Å². The molecule has 0 aliphatic carbocycles. The summed E-state index contributed by atoms with van der Waals surface area (Å²) in [4.78, 5) is 4.43. The molecule has 0 saturated carbocycles. The van der Waals surface area contributed by atoms with Crippen LogP contribution in [0.4, 0.5) is 0 Å². The molecule has 0 bridgehead atoms. The summed E-state index contributed by atoms with van der Waals surface area (Å²) in [5.74, 6) is 0.892. The lowest BCUT2D eigenvalue weighted by atomic mass is 10.2. The monoisotopic (exact) mass is 281 g/mol. The van der Waals surface area contributed by atoms with E-state index in [2.05, 4.69) is 4.99 Å². The minimum Gasteiger partial charge on any atom is -0.757 e. The number of thioether (sulfide) groups is 1. The first kappa shape index (κ1) is 14.3. The molecular weight excluding hydrogens is 264 g/mol. The van der Waals surface area contributed by atoms with Gasteiger partial charge in [-0.05, 0) is 13.0 Å². The Balaban J connectivity index is 2.11. The summed E-state index contributed by atoms with van der Waals surface area (Å²) in [6.45, 7) is 1.53. The van der Waals surface area contributed by atoms with E-state index in [1.165, 1.54) is 11.8 Å². The predicted octanol–water partition coefficient (Wildman–Crippen LogP) is -0.340. The molecule has 6 heteroatoms. The van der Waals surface area contributed by atoms with E-state index >= 15 is 0 Å². The van der Waals surface area contributed by atoms with Gasteiger partial charge >= 0.3 is 0 Å². The maximum absolute atomic E-state index is 12.1. The average Bonchev–Trinajstić information content (AvgIpc) is 2.44. The van der Waals surface area contributed by atoms with Gasteiger partial charge in [0.25, 0.3) is 0 Å². The van der Waals surface area contributed by atoms with Crippen LogP contribution in [0.3, 0.4) is 0 Å². The molecule has 5 nitrogen and oxygen atoms in total. The predicted molar refractivity (Wildman–Crippen MR) is 75.7 cm³/mol. The van der Waals surface area contributed by atoms with Crippen LogP contribution in [0.15, 0.2) is 29.3 Å². The van der Waals surface area contributed by atoms with Gasteiger partial charge in [0.1, 0.15) is 6.17 Å². The maximum Gasteiger partial charge on any atom is 0.120 e. The van der Waals surface area contributed by atoms with Crippen LogP contribution in [-0.4, -0.2) is 45.7 Å². The zero-order valence-electron chi connectivity index (χ0n) is 10.7. The Labute approximate surface area is 115 Å². The topological polar surface area (TPSA) is 79.1 Å². The second kappa shape index (κ2) is 6.38. The van der Waals surface area contributed by atoms with E-state index in [-0.39, 0.29) is 6.61 Å². The molecule has 0 fully saturated rings. The largest absolute Gasteiger partial charge is 0.757 e. The molecule has 0 amide bonds. The molecular formula is C13H17N2O3S-. The Hall–Kier alpha value is -1.08. The summed E-state index contributed by atoms with van der Waals surface area (Å²) in [6, 6.07) is 7.57. The standard InChI is InChI=1S/C13H17N2O3S/c1-9-11-4-2-3-5-12(11)14-13(15(9)18)8-19-7-10(17)6-16/h2-5,10,13,16-17H,6-8H2,1H3/q-1. The van der Waals surface area contributed by atoms with Crippen molar-refractivity contribution in [3.05, 3.63) is 40.0 Å². The summed E-state index contributed by atoms with van der Waals surface area (Å²) in [5, 5.41) is 32.7. The lowest BCUT2D eigenvalue weighted by Gasteiger charge is -2.39. The number of aliphatic hydroxyl groups excluding tert-OH is 2. The van der Waals surface area contributed by atoms with Crippen LogP contribution in [0.2, 0.25) is 0 Å². The molecule has 1 heterocycles. The maximum atomic E-state index is 12.1. The summed E-state index contributed by atoms with van der Waals surface area (Å²) >= 11 is 1.41. The zero-order valence-corrected chi connectivity index (χ0v) is 11.5. The van der Waals surface area contributed by atoms with Crippen LogP contribution in [0, 0.1) is 5.21 Å². The molecule has 2 atom stereocenters. The molecule has 104 valence electrons. The van der Waals surface area contributed by atoms with Crippen molar-refractivity contribution < 1.29 is 10.2 Å². The highest BCUT2D eigenvalue weighted by atomic mass is 32.2. The first-order chi connectivity index (χ1) is 9.13. The zero-order chi connectivity index (χ0) is 13.8. The van der Waals surface area contributed by atoms with Crippen molar-refractivity contribution in [1.29, 1.82) is 0 Å². The van der Waals surface area contributed by atoms with Crippen molar-refractivity contribution in [2.24, 2.45) is 4.99 Å². The number of aliphatic hydroxyl groups is 2. The summed E-state index contributed by atoms with van der Waals surface area (Å²) in [6.07, 6.45) is -1.21. The van der Waals surface area contributed by atoms with Gasteiger partial charge in [-0.2, -0.15) is 11.8 Å². The highest BCUT2D eigenvalue weighted by molar-refractivity contribution is 7.99. The minimum atomic E-state index is -0.744. The van der Waals surface area contributed by atoms with Crippen molar-refractivity contribution in [2.75, 3.05) is 18.1 Å². The van der Waals surface area contributed by atoms with E-state index in [1.807, 2.05) is 24.3 Å². The van der Waals surface area contributed by atoms with Gasteiger partial charge in [-0.3, -0.25) is 4.99 Å². The van der Waals surface area contributed by atoms with Crippen molar-refractivity contribution in [1.82, 2.24) is 5.06 Å². The van der Waals surface area contributed by atoms with Crippen molar-refractivity contribution in [2.45, 2.75) is 19.2 Å². The molecule has 0 spiro atoms. The van der Waals surface area contributed by atoms with Gasteiger partial charge in [0.05, 0.1) is 18.1 Å². The number of hydrogen-bond acceptors (Lipinski definition) is 6. The molecule has 1 aliphatic heterocycles. The van der Waals surface area contributed by atoms with Gasteiger partial charge < -0.3 is 20.5 Å². The van der Waals surface area contributed by atoms with Crippen LogP contribution in [-0.2, 0) is 0 Å². The summed E-state index contributed by atoms with van der Waals surface area (Å²) in [5.41, 5.74) is 0.666. The van der Waals surface area contributed by atoms with Crippen molar-refractivity contribution in [3.8, 4) is 0 Å². The Kier molecular flexibility index (Phi) is 4.81. The third kappa shape index (κ3) is 3.27. The Morgan fingerprint density at radius 1 is 1.47 bits per heavy atom. The minimum absolute atomic E-state index is 0.260. The van der Waals surface area contributed by atoms with E-state index in [0.717, 1.165) is 15.6 Å². The number of benzene rings is 1. The highest BCUT2D eigenvalue weighted by Crippen LogP contribution is 2.16. The first-order valence-corrected chi connectivity index (χ1v) is 7.25. The molecule has 1 aliphatic rings. The lowest BCUT2D eigenvalue weighted by Crippen LogP contribution is -2.43. The number of rotatable bonds is 5. The van der Waals surface area contributed by atoms with Crippen LogP contribution in [0.25, 0.3) is 5.70 Å². The van der Waals surface area contributed by atoms with Gasteiger partial charge in [0, 0.05) is 22.4 Å². The average molecular weight is 281 g/mol. The SMILES string of the molecule is CC1=c2ccccc2=NC(CSCC(O)CO)N1[O-]. The third-order valence-electron chi connectivity index (χ3n) is 2.97. The molecule has 0 saturated heterocycles. The van der Waals surface area contributed by atoms with Crippen molar-refractivity contribution >= 4 is 17.5 Å². The van der Waals surface area contributed by atoms with E-state index in [9.17, 15) is 10.3 Å². The van der Waals surface area contributed by atoms with Crippen molar-refractivity contribution in [3.63, 3.8) is 0 Å². The molecule has 2 N–H and O–H groups in total. The summed E-state index contributed by atoms with van der Waals surface area (Å²) < 4.78 is 0. The quantitative estimate of drug-likeness (QED) is 0.772. The molecule has 1 aromatic carbocycles. The summed E-state index contributed by atoms with van der Waals surface area (Å²) in [7, 11) is 0. The third-order valence-corrected chi connectivity index (χ3v) is 4.13. The molecule has 1 aromatic rings. The van der Waals surface area contributed by atoms with E-state index in [4.69, 9.17) is 5.11 Å². The first-order valence-electron chi connectivity index (χ1n) is 6.10. The lowest BCUT2D eigenvalue weighted by molar-refractivity contribution is 0.113. The molecule has 2 unspecified atom stereocenters. The fraction of sp³-hybridized carbons (Fsp3) is 0.462. The molecule has 0 aromatic heterocycles. The number of hydroxylamine groups is 2. The fourth-order valence-electron chi connectivity index (χ4n) is 1.91. The van der Waals surface area contributed by atoms with Crippen LogP contribution < -0.4 is 10.6 Å². The number of hydrogen-bond donors (Lipinski definition) is 2. The number of fused-ring (bicyclic) bond motifs is 1. The smallest absolute Gasteiger partial charge is 0.120 e. The number of para-hydroxylation sites is 1. The Morgan fingerprint density at radius 2 is 2.21 bits per heavy atom. The highest BCUT2D eigenvalue weighted by Gasteiger charge is 2.15. The van der Waals surface area contributed by atoms with E-state index < -0.39 is 12.3 Å². The second-order valence-corrected chi connectivity index (χ2v) is 5.49. The molecule has 0 radical (unpaired) electrons. The fourth-order valence-corrected chi connectivity index (χ4v) is 2.85. The van der Waals surface area contributed by atoms with Crippen LogP contribution in [0.5, 0.6) is 0 Å². The van der Waals surface area contributed by atoms with Gasteiger partial charge in [-0.1, -0.05) is 18.2 Å². The Bertz CT molecular complexity index is 549. The molecule has 19 heavy (non-hydrogen) atoms. The van der Waals surface area contributed by atoms with Gasteiger partial charge in [-0.25, -0.2) is 0 Å². The van der Waals surface area contributed by atoms with Crippen LogP contribution in [0.1, 0.15) is 6.92 Å². The second-order valence-electron chi connectivity index (χ2n) is 4.41. The van der Waals surface area contributed by atoms with Gasteiger partial charge in [0.15, 0.2) is 0 Å². The van der Waals surface area contributed by atoms with Gasteiger partial charge in [0.2, 0.25) is 0 Å². The van der Waals surface area contributed by atoms with E-state index in [0.29, 0.717) is 17.2 Å².